The Labute approximate surface area is 145 Å². The Morgan fingerprint density at radius 2 is 1.67 bits per heavy atom. The number of carbonyl (C=O) groups is 1. The number of hydrogen-bond acceptors (Lipinski definition) is 3. The zero-order chi connectivity index (χ0) is 18.4. The lowest BCUT2D eigenvalue weighted by atomic mass is 9.90. The van der Waals surface area contributed by atoms with Crippen LogP contribution in [0.2, 0.25) is 0 Å². The van der Waals surface area contributed by atoms with Crippen LogP contribution in [0.5, 0.6) is 0 Å². The Hall–Kier alpha value is -1.43. The normalized spacial score (nSPS) is 17.2. The second-order valence-corrected chi connectivity index (χ2v) is 6.64. The van der Waals surface area contributed by atoms with Gasteiger partial charge in [-0.05, 0) is 43.1 Å². The molecule has 0 saturated carbocycles. The minimum Gasteiger partial charge on any atom is -0.512 e. The molecule has 6 heteroatoms. The molecule has 1 unspecified atom stereocenters. The van der Waals surface area contributed by atoms with E-state index in [9.17, 15) is 23.1 Å². The van der Waals surface area contributed by atoms with E-state index in [1.165, 1.54) is 19.9 Å². The number of ketones is 1. The van der Waals surface area contributed by atoms with Gasteiger partial charge < -0.3 is 5.11 Å². The van der Waals surface area contributed by atoms with Gasteiger partial charge in [0, 0.05) is 18.9 Å². The Kier molecular flexibility index (Phi) is 7.87. The summed E-state index contributed by atoms with van der Waals surface area (Å²) in [6, 6.07) is 0. The van der Waals surface area contributed by atoms with E-state index in [1.807, 2.05) is 13.8 Å². The van der Waals surface area contributed by atoms with Gasteiger partial charge in [0.1, 0.15) is 5.82 Å². The van der Waals surface area contributed by atoms with Crippen molar-refractivity contribution in [2.75, 3.05) is 5.75 Å². The third-order valence-corrected chi connectivity index (χ3v) is 4.99. The van der Waals surface area contributed by atoms with Crippen molar-refractivity contribution < 1.29 is 23.1 Å². The topological polar surface area (TPSA) is 37.3 Å². The monoisotopic (exact) mass is 360 g/mol. The van der Waals surface area contributed by atoms with Crippen LogP contribution in [-0.4, -0.2) is 16.6 Å². The molecule has 2 nitrogen and oxygen atoms in total. The fraction of sp³-hybridized carbons (Fsp3) is 0.500. The lowest BCUT2D eigenvalue weighted by Crippen LogP contribution is -2.14. The van der Waals surface area contributed by atoms with Gasteiger partial charge in [0.2, 0.25) is 0 Å². The largest absolute Gasteiger partial charge is 0.512 e. The van der Waals surface area contributed by atoms with Crippen molar-refractivity contribution >= 4 is 17.5 Å². The van der Waals surface area contributed by atoms with Crippen LogP contribution in [0, 0.1) is 37.2 Å². The maximum Gasteiger partial charge on any atom is 0.175 e. The molecular formula is C18H23F3O2S. The Bertz CT molecular complexity index is 613. The summed E-state index contributed by atoms with van der Waals surface area (Å²) in [4.78, 5) is 11.0. The second-order valence-electron chi connectivity index (χ2n) is 5.53. The van der Waals surface area contributed by atoms with E-state index >= 15 is 0 Å². The van der Waals surface area contributed by atoms with Gasteiger partial charge in [0.15, 0.2) is 17.4 Å². The molecule has 1 atom stereocenters. The number of rotatable bonds is 4. The Morgan fingerprint density at radius 1 is 1.08 bits per heavy atom. The van der Waals surface area contributed by atoms with Crippen molar-refractivity contribution in [2.45, 2.75) is 51.9 Å². The van der Waals surface area contributed by atoms with Crippen LogP contribution in [0.15, 0.2) is 16.7 Å². The summed E-state index contributed by atoms with van der Waals surface area (Å²) < 4.78 is 41.6. The van der Waals surface area contributed by atoms with Crippen molar-refractivity contribution in [3.8, 4) is 0 Å². The molecule has 0 aliphatic heterocycles. The first kappa shape index (κ1) is 20.6. The zero-order valence-corrected chi connectivity index (χ0v) is 15.2. The van der Waals surface area contributed by atoms with E-state index in [-0.39, 0.29) is 33.5 Å². The van der Waals surface area contributed by atoms with Crippen molar-refractivity contribution in [2.24, 2.45) is 5.92 Å². The fourth-order valence-electron chi connectivity index (χ4n) is 2.47. The third kappa shape index (κ3) is 4.79. The lowest BCUT2D eigenvalue weighted by molar-refractivity contribution is -0.116. The summed E-state index contributed by atoms with van der Waals surface area (Å²) >= 11 is 0.904. The molecule has 1 aromatic carbocycles. The number of aliphatic hydroxyl groups excluding tert-OH is 1. The average Bonchev–Trinajstić information content (AvgIpc) is 2.55. The molecule has 1 aliphatic rings. The summed E-state index contributed by atoms with van der Waals surface area (Å²) in [7, 11) is 0. The summed E-state index contributed by atoms with van der Waals surface area (Å²) in [5, 5.41) is 9.42. The van der Waals surface area contributed by atoms with Crippen LogP contribution in [0.1, 0.15) is 44.2 Å². The summed E-state index contributed by atoms with van der Waals surface area (Å²) in [5.41, 5.74) is 0.0853. The molecule has 0 spiro atoms. The van der Waals surface area contributed by atoms with Crippen LogP contribution in [0.25, 0.3) is 0 Å². The molecule has 0 amide bonds. The van der Waals surface area contributed by atoms with Crippen LogP contribution < -0.4 is 0 Å². The van der Waals surface area contributed by atoms with Crippen LogP contribution in [0.4, 0.5) is 13.2 Å². The molecule has 1 aliphatic carbocycles. The molecule has 1 N–H and O–H groups in total. The highest BCUT2D eigenvalue weighted by molar-refractivity contribution is 7.99. The first-order valence-electron chi connectivity index (χ1n) is 8.00. The van der Waals surface area contributed by atoms with Gasteiger partial charge in [-0.15, -0.1) is 11.8 Å². The Balaban J connectivity index is 0.00000139. The van der Waals surface area contributed by atoms with Crippen molar-refractivity contribution in [3.63, 3.8) is 0 Å². The Morgan fingerprint density at radius 3 is 2.25 bits per heavy atom. The number of carbonyl (C=O) groups excluding carboxylic acids is 1. The predicted molar refractivity (Wildman–Crippen MR) is 90.9 cm³/mol. The highest BCUT2D eigenvalue weighted by Gasteiger charge is 2.23. The molecule has 0 saturated heterocycles. The van der Waals surface area contributed by atoms with Crippen molar-refractivity contribution in [3.05, 3.63) is 40.4 Å². The SMILES string of the molecule is CC.Cc1c(C)c(F)c(SCCC2CC(=O)C=C(O)C2)c(F)c1F. The maximum atomic E-state index is 14.1. The minimum absolute atomic E-state index is 0.0210. The van der Waals surface area contributed by atoms with Crippen LogP contribution >= 0.6 is 11.8 Å². The molecule has 0 heterocycles. The molecule has 0 radical (unpaired) electrons. The number of thioether (sulfide) groups is 1. The smallest absolute Gasteiger partial charge is 0.175 e. The molecule has 2 rings (SSSR count). The van der Waals surface area contributed by atoms with E-state index in [1.54, 1.807) is 0 Å². The highest BCUT2D eigenvalue weighted by Crippen LogP contribution is 2.33. The zero-order valence-electron chi connectivity index (χ0n) is 14.4. The van der Waals surface area contributed by atoms with Gasteiger partial charge in [-0.1, -0.05) is 13.8 Å². The number of allylic oxidation sites excluding steroid dienone is 2. The van der Waals surface area contributed by atoms with Gasteiger partial charge in [0.25, 0.3) is 0 Å². The molecule has 24 heavy (non-hydrogen) atoms. The molecule has 0 bridgehead atoms. The maximum absolute atomic E-state index is 14.1. The fourth-order valence-corrected chi connectivity index (χ4v) is 3.63. The predicted octanol–water partition coefficient (Wildman–Crippen LogP) is 5.65. The number of benzene rings is 1. The third-order valence-electron chi connectivity index (χ3n) is 3.90. The number of halogens is 3. The van der Waals surface area contributed by atoms with E-state index in [0.717, 1.165) is 11.8 Å². The summed E-state index contributed by atoms with van der Waals surface area (Å²) in [6.45, 7) is 6.76. The van der Waals surface area contributed by atoms with Gasteiger partial charge in [-0.2, -0.15) is 0 Å². The van der Waals surface area contributed by atoms with Crippen molar-refractivity contribution in [1.29, 1.82) is 0 Å². The van der Waals surface area contributed by atoms with E-state index in [4.69, 9.17) is 0 Å². The summed E-state index contributed by atoms with van der Waals surface area (Å²) in [6.07, 6.45) is 2.43. The second kappa shape index (κ2) is 9.16. The molecule has 0 fully saturated rings. The number of hydrogen-bond donors (Lipinski definition) is 1. The minimum atomic E-state index is -1.16. The van der Waals surface area contributed by atoms with Gasteiger partial charge >= 0.3 is 0 Å². The van der Waals surface area contributed by atoms with E-state index in [2.05, 4.69) is 0 Å². The summed E-state index contributed by atoms with van der Waals surface area (Å²) in [5.74, 6) is -2.71. The van der Waals surface area contributed by atoms with Crippen molar-refractivity contribution in [1.82, 2.24) is 0 Å². The first-order valence-corrected chi connectivity index (χ1v) is 8.98. The highest BCUT2D eigenvalue weighted by atomic mass is 32.2. The first-order chi connectivity index (χ1) is 11.3. The standard InChI is InChI=1S/C16H17F3O2S.C2H6/c1-8-9(2)14(18)16(15(19)13(8)17)22-4-3-10-5-11(20)7-12(21)6-10;1-2/h7,10,20H,3-6H2,1-2H3;1-2H3. The quantitative estimate of drug-likeness (QED) is 0.557. The van der Waals surface area contributed by atoms with E-state index < -0.39 is 17.5 Å². The van der Waals surface area contributed by atoms with E-state index in [0.29, 0.717) is 25.0 Å². The van der Waals surface area contributed by atoms with Crippen LogP contribution in [-0.2, 0) is 4.79 Å². The van der Waals surface area contributed by atoms with Crippen LogP contribution in [0.3, 0.4) is 0 Å². The number of aliphatic hydroxyl groups is 1. The average molecular weight is 360 g/mol. The molecule has 134 valence electrons. The molecule has 0 aromatic heterocycles. The van der Waals surface area contributed by atoms with Gasteiger partial charge in [-0.3, -0.25) is 4.79 Å². The van der Waals surface area contributed by atoms with Gasteiger partial charge in [-0.25, -0.2) is 13.2 Å². The molecule has 1 aromatic rings. The van der Waals surface area contributed by atoms with Gasteiger partial charge in [0.05, 0.1) is 10.7 Å². The molecular weight excluding hydrogens is 337 g/mol. The lowest BCUT2D eigenvalue weighted by Gasteiger charge is -2.19.